The number of aromatic nitrogens is 5. The molecule has 7 heteroatoms. The van der Waals surface area contributed by atoms with Crippen molar-refractivity contribution in [3.63, 3.8) is 0 Å². The van der Waals surface area contributed by atoms with Gasteiger partial charge in [0.1, 0.15) is 16.9 Å². The Labute approximate surface area is 108 Å². The first-order chi connectivity index (χ1) is 8.74. The van der Waals surface area contributed by atoms with Crippen LogP contribution in [0.15, 0.2) is 18.0 Å². The lowest BCUT2D eigenvalue weighted by Crippen LogP contribution is -2.18. The Bertz CT molecular complexity index is 673. The van der Waals surface area contributed by atoms with E-state index in [2.05, 4.69) is 30.3 Å². The molecule has 1 N–H and O–H groups in total. The highest BCUT2D eigenvalue weighted by molar-refractivity contribution is 7.09. The summed E-state index contributed by atoms with van der Waals surface area (Å²) in [6.45, 7) is 2.72. The van der Waals surface area contributed by atoms with Crippen LogP contribution in [0.5, 0.6) is 0 Å². The number of aromatic amines is 1. The molecule has 0 unspecified atom stereocenters. The third-order valence-electron chi connectivity index (χ3n) is 2.60. The second kappa shape index (κ2) is 4.34. The number of fused-ring (bicyclic) bond motifs is 1. The van der Waals surface area contributed by atoms with E-state index in [9.17, 15) is 0 Å². The first-order valence-electron chi connectivity index (χ1n) is 5.50. The maximum atomic E-state index is 4.45. The van der Waals surface area contributed by atoms with E-state index in [1.54, 1.807) is 17.7 Å². The number of thiazole rings is 1. The van der Waals surface area contributed by atoms with E-state index >= 15 is 0 Å². The topological polar surface area (TPSA) is 70.6 Å². The van der Waals surface area contributed by atoms with Gasteiger partial charge in [-0.15, -0.1) is 11.3 Å². The number of hydrogen-bond acceptors (Lipinski definition) is 6. The number of rotatable bonds is 3. The molecule has 3 rings (SSSR count). The first-order valence-corrected chi connectivity index (χ1v) is 6.38. The normalized spacial score (nSPS) is 11.0. The zero-order valence-electron chi connectivity index (χ0n) is 10.1. The molecule has 0 saturated heterocycles. The Morgan fingerprint density at radius 3 is 3.00 bits per heavy atom. The second-order valence-corrected chi connectivity index (χ2v) is 4.98. The molecule has 0 atom stereocenters. The molecule has 0 radical (unpaired) electrons. The molecule has 3 aromatic heterocycles. The highest BCUT2D eigenvalue weighted by atomic mass is 32.1. The standard InChI is InChI=1S/C11H12N6S/c1-7-4-18-8(16-7)3-17(2)11-9-10(13-5-12-9)14-6-15-11/h4-6H,3H2,1-2H3,(H,12,13,14,15). The van der Waals surface area contributed by atoms with Gasteiger partial charge in [0.2, 0.25) is 0 Å². The molecular formula is C11H12N6S. The van der Waals surface area contributed by atoms with E-state index < -0.39 is 0 Å². The summed E-state index contributed by atoms with van der Waals surface area (Å²) in [6, 6.07) is 0. The summed E-state index contributed by atoms with van der Waals surface area (Å²) in [5.74, 6) is 0.838. The van der Waals surface area contributed by atoms with Crippen molar-refractivity contribution in [2.75, 3.05) is 11.9 Å². The highest BCUT2D eigenvalue weighted by Gasteiger charge is 2.11. The predicted molar refractivity (Wildman–Crippen MR) is 70.6 cm³/mol. The second-order valence-electron chi connectivity index (χ2n) is 4.04. The largest absolute Gasteiger partial charge is 0.351 e. The van der Waals surface area contributed by atoms with E-state index in [4.69, 9.17) is 0 Å². The molecule has 3 aromatic rings. The Hall–Kier alpha value is -2.02. The molecule has 0 saturated carbocycles. The molecule has 3 heterocycles. The average Bonchev–Trinajstić information content (AvgIpc) is 2.97. The fraction of sp³-hybridized carbons (Fsp3) is 0.273. The lowest BCUT2D eigenvalue weighted by molar-refractivity contribution is 0.884. The van der Waals surface area contributed by atoms with Gasteiger partial charge in [-0.1, -0.05) is 0 Å². The van der Waals surface area contributed by atoms with Crippen molar-refractivity contribution in [1.82, 2.24) is 24.9 Å². The molecule has 0 bridgehead atoms. The van der Waals surface area contributed by atoms with Crippen molar-refractivity contribution in [2.24, 2.45) is 0 Å². The number of nitrogens with one attached hydrogen (secondary N) is 1. The summed E-state index contributed by atoms with van der Waals surface area (Å²) in [4.78, 5) is 22.1. The van der Waals surface area contributed by atoms with Crippen LogP contribution in [0.1, 0.15) is 10.7 Å². The highest BCUT2D eigenvalue weighted by Crippen LogP contribution is 2.21. The van der Waals surface area contributed by atoms with Crippen molar-refractivity contribution >= 4 is 28.3 Å². The van der Waals surface area contributed by atoms with E-state index in [0.717, 1.165) is 28.6 Å². The fourth-order valence-electron chi connectivity index (χ4n) is 1.79. The molecule has 0 aliphatic rings. The third-order valence-corrected chi connectivity index (χ3v) is 3.55. The summed E-state index contributed by atoms with van der Waals surface area (Å²) in [5.41, 5.74) is 2.59. The smallest absolute Gasteiger partial charge is 0.182 e. The number of hydrogen-bond donors (Lipinski definition) is 1. The average molecular weight is 260 g/mol. The molecule has 0 fully saturated rings. The lowest BCUT2D eigenvalue weighted by atomic mass is 10.4. The minimum atomic E-state index is 0.683. The molecule has 0 amide bonds. The van der Waals surface area contributed by atoms with E-state index in [0.29, 0.717) is 5.65 Å². The number of H-pyrrole nitrogens is 1. The van der Waals surface area contributed by atoms with Gasteiger partial charge in [-0.05, 0) is 6.92 Å². The Morgan fingerprint density at radius 2 is 2.22 bits per heavy atom. The number of nitrogens with zero attached hydrogens (tertiary/aromatic N) is 5. The molecule has 92 valence electrons. The molecule has 0 aliphatic heterocycles. The Morgan fingerprint density at radius 1 is 1.33 bits per heavy atom. The van der Waals surface area contributed by atoms with E-state index in [-0.39, 0.29) is 0 Å². The van der Waals surface area contributed by atoms with Crippen LogP contribution < -0.4 is 4.90 Å². The Kier molecular flexibility index (Phi) is 2.67. The van der Waals surface area contributed by atoms with Gasteiger partial charge in [0.15, 0.2) is 11.5 Å². The van der Waals surface area contributed by atoms with Crippen LogP contribution in [0.2, 0.25) is 0 Å². The number of anilines is 1. The number of imidazole rings is 1. The molecule has 0 aliphatic carbocycles. The molecule has 18 heavy (non-hydrogen) atoms. The van der Waals surface area contributed by atoms with Gasteiger partial charge in [-0.25, -0.2) is 19.9 Å². The van der Waals surface area contributed by atoms with Crippen molar-refractivity contribution in [1.29, 1.82) is 0 Å². The lowest BCUT2D eigenvalue weighted by Gasteiger charge is -2.16. The SMILES string of the molecule is Cc1csc(CN(C)c2ncnc3nc[nH]c23)n1. The van der Waals surface area contributed by atoms with Crippen molar-refractivity contribution in [3.05, 3.63) is 28.7 Å². The summed E-state index contributed by atoms with van der Waals surface area (Å²) >= 11 is 1.66. The zero-order chi connectivity index (χ0) is 12.5. The van der Waals surface area contributed by atoms with Crippen molar-refractivity contribution in [3.8, 4) is 0 Å². The van der Waals surface area contributed by atoms with Gasteiger partial charge in [0, 0.05) is 18.1 Å². The summed E-state index contributed by atoms with van der Waals surface area (Å²) in [7, 11) is 1.99. The molecular weight excluding hydrogens is 248 g/mol. The van der Waals surface area contributed by atoms with Crippen LogP contribution in [0.4, 0.5) is 5.82 Å². The monoisotopic (exact) mass is 260 g/mol. The molecule has 6 nitrogen and oxygen atoms in total. The van der Waals surface area contributed by atoms with Gasteiger partial charge in [-0.2, -0.15) is 0 Å². The quantitative estimate of drug-likeness (QED) is 0.777. The van der Waals surface area contributed by atoms with Gasteiger partial charge in [0.05, 0.1) is 12.9 Å². The van der Waals surface area contributed by atoms with Crippen LogP contribution in [0.25, 0.3) is 11.2 Å². The minimum absolute atomic E-state index is 0.683. The zero-order valence-corrected chi connectivity index (χ0v) is 10.9. The fourth-order valence-corrected chi connectivity index (χ4v) is 2.62. The van der Waals surface area contributed by atoms with E-state index in [1.165, 1.54) is 6.33 Å². The van der Waals surface area contributed by atoms with Crippen LogP contribution in [0.3, 0.4) is 0 Å². The van der Waals surface area contributed by atoms with Gasteiger partial charge >= 0.3 is 0 Å². The maximum absolute atomic E-state index is 4.45. The Balaban J connectivity index is 1.92. The van der Waals surface area contributed by atoms with Crippen LogP contribution in [-0.4, -0.2) is 32.0 Å². The minimum Gasteiger partial charge on any atom is -0.351 e. The third kappa shape index (κ3) is 1.92. The summed E-state index contributed by atoms with van der Waals surface area (Å²) in [5, 5.41) is 3.12. The van der Waals surface area contributed by atoms with Crippen LogP contribution in [-0.2, 0) is 6.54 Å². The van der Waals surface area contributed by atoms with Crippen LogP contribution in [0, 0.1) is 6.92 Å². The van der Waals surface area contributed by atoms with Gasteiger partial charge in [0.25, 0.3) is 0 Å². The first kappa shape index (κ1) is 11.1. The summed E-state index contributed by atoms with van der Waals surface area (Å²) < 4.78 is 0. The van der Waals surface area contributed by atoms with Crippen LogP contribution >= 0.6 is 11.3 Å². The summed E-state index contributed by atoms with van der Waals surface area (Å²) in [6.07, 6.45) is 3.16. The van der Waals surface area contributed by atoms with Gasteiger partial charge in [-0.3, -0.25) is 0 Å². The van der Waals surface area contributed by atoms with Gasteiger partial charge < -0.3 is 9.88 Å². The molecule has 0 spiro atoms. The predicted octanol–water partition coefficient (Wildman–Crippen LogP) is 1.75. The molecule has 0 aromatic carbocycles. The van der Waals surface area contributed by atoms with E-state index in [1.807, 2.05) is 18.9 Å². The maximum Gasteiger partial charge on any atom is 0.182 e. The number of aryl methyl sites for hydroxylation is 1. The van der Waals surface area contributed by atoms with Crippen molar-refractivity contribution in [2.45, 2.75) is 13.5 Å². The van der Waals surface area contributed by atoms with Crippen molar-refractivity contribution < 1.29 is 0 Å².